The summed E-state index contributed by atoms with van der Waals surface area (Å²) in [6, 6.07) is 0. The van der Waals surface area contributed by atoms with Gasteiger partial charge in [-0.05, 0) is 19.8 Å². The predicted molar refractivity (Wildman–Crippen MR) is 40.4 cm³/mol. The van der Waals surface area contributed by atoms with Crippen LogP contribution >= 0.6 is 0 Å². The third-order valence-corrected chi connectivity index (χ3v) is 2.26. The molecule has 1 fully saturated rings. The van der Waals surface area contributed by atoms with E-state index in [2.05, 4.69) is 0 Å². The molecule has 0 aromatic rings. The number of ether oxygens (including phenoxy) is 1. The summed E-state index contributed by atoms with van der Waals surface area (Å²) in [6.07, 6.45) is 1.63. The Bertz CT molecular complexity index is 155. The predicted octanol–water partition coefficient (Wildman–Crippen LogP) is 1.27. The number of rotatable bonds is 2. The zero-order chi connectivity index (χ0) is 8.43. The number of aliphatic carboxylic acids is 1. The van der Waals surface area contributed by atoms with Crippen LogP contribution < -0.4 is 0 Å². The number of carbonyl (C=O) groups is 1. The van der Waals surface area contributed by atoms with Crippen LogP contribution in [0.5, 0.6) is 0 Å². The van der Waals surface area contributed by atoms with Crippen LogP contribution in [0.4, 0.5) is 0 Å². The maximum atomic E-state index is 10.6. The molecule has 0 aliphatic carbocycles. The average molecular weight is 158 g/mol. The topological polar surface area (TPSA) is 46.5 Å². The van der Waals surface area contributed by atoms with Crippen LogP contribution in [0.15, 0.2) is 0 Å². The molecule has 1 aliphatic rings. The third kappa shape index (κ3) is 1.71. The average Bonchev–Trinajstić information content (AvgIpc) is 2.30. The highest BCUT2D eigenvalue weighted by Crippen LogP contribution is 2.27. The van der Waals surface area contributed by atoms with Gasteiger partial charge in [-0.2, -0.15) is 0 Å². The molecule has 1 rings (SSSR count). The highest BCUT2D eigenvalue weighted by molar-refractivity contribution is 5.71. The SMILES string of the molecule is CCC1CC(C(=O)O)C(C)O1. The molecule has 1 N–H and O–H groups in total. The first kappa shape index (κ1) is 8.53. The molecule has 0 aromatic heterocycles. The summed E-state index contributed by atoms with van der Waals surface area (Å²) >= 11 is 0. The van der Waals surface area contributed by atoms with Gasteiger partial charge in [0.15, 0.2) is 0 Å². The van der Waals surface area contributed by atoms with Crippen LogP contribution in [-0.4, -0.2) is 23.3 Å². The van der Waals surface area contributed by atoms with Crippen molar-refractivity contribution < 1.29 is 14.6 Å². The van der Waals surface area contributed by atoms with Crippen molar-refractivity contribution in [2.45, 2.75) is 38.9 Å². The fourth-order valence-electron chi connectivity index (χ4n) is 1.49. The number of hydrogen-bond acceptors (Lipinski definition) is 2. The van der Waals surface area contributed by atoms with Gasteiger partial charge in [0.25, 0.3) is 0 Å². The van der Waals surface area contributed by atoms with Crippen LogP contribution in [-0.2, 0) is 9.53 Å². The van der Waals surface area contributed by atoms with Gasteiger partial charge in [0.1, 0.15) is 0 Å². The highest BCUT2D eigenvalue weighted by atomic mass is 16.5. The molecule has 1 aliphatic heterocycles. The summed E-state index contributed by atoms with van der Waals surface area (Å²) < 4.78 is 5.40. The van der Waals surface area contributed by atoms with E-state index in [4.69, 9.17) is 9.84 Å². The Balaban J connectivity index is 2.51. The summed E-state index contributed by atoms with van der Waals surface area (Å²) in [6.45, 7) is 3.84. The van der Waals surface area contributed by atoms with Crippen molar-refractivity contribution in [3.63, 3.8) is 0 Å². The normalized spacial score (nSPS) is 37.5. The molecule has 3 atom stereocenters. The Hall–Kier alpha value is -0.570. The summed E-state index contributed by atoms with van der Waals surface area (Å²) in [5.74, 6) is -1.02. The van der Waals surface area contributed by atoms with Crippen molar-refractivity contribution in [1.29, 1.82) is 0 Å². The Kier molecular flexibility index (Phi) is 2.49. The smallest absolute Gasteiger partial charge is 0.309 e. The molecule has 0 saturated carbocycles. The molecule has 3 nitrogen and oxygen atoms in total. The number of carboxylic acids is 1. The van der Waals surface area contributed by atoms with Gasteiger partial charge < -0.3 is 9.84 Å². The van der Waals surface area contributed by atoms with E-state index in [-0.39, 0.29) is 18.1 Å². The first-order valence-electron chi connectivity index (χ1n) is 4.03. The molecular weight excluding hydrogens is 144 g/mol. The lowest BCUT2D eigenvalue weighted by Gasteiger charge is -2.07. The van der Waals surface area contributed by atoms with Crippen LogP contribution in [0.3, 0.4) is 0 Å². The lowest BCUT2D eigenvalue weighted by atomic mass is 10.00. The quantitative estimate of drug-likeness (QED) is 0.658. The van der Waals surface area contributed by atoms with Crippen molar-refractivity contribution in [2.24, 2.45) is 5.92 Å². The Labute approximate surface area is 66.4 Å². The van der Waals surface area contributed by atoms with E-state index in [9.17, 15) is 4.79 Å². The van der Waals surface area contributed by atoms with Gasteiger partial charge in [0, 0.05) is 0 Å². The lowest BCUT2D eigenvalue weighted by molar-refractivity contribution is -0.143. The number of carboxylic acid groups (broad SMARTS) is 1. The molecule has 0 aromatic carbocycles. The van der Waals surface area contributed by atoms with Crippen molar-refractivity contribution >= 4 is 5.97 Å². The van der Waals surface area contributed by atoms with Crippen molar-refractivity contribution in [2.75, 3.05) is 0 Å². The minimum absolute atomic E-state index is 0.113. The largest absolute Gasteiger partial charge is 0.481 e. The van der Waals surface area contributed by atoms with Gasteiger partial charge in [0.2, 0.25) is 0 Å². The summed E-state index contributed by atoms with van der Waals surface area (Å²) in [7, 11) is 0. The van der Waals surface area contributed by atoms with Crippen molar-refractivity contribution in [3.05, 3.63) is 0 Å². The second-order valence-corrected chi connectivity index (χ2v) is 3.05. The fourth-order valence-corrected chi connectivity index (χ4v) is 1.49. The van der Waals surface area contributed by atoms with E-state index in [1.165, 1.54) is 0 Å². The van der Waals surface area contributed by atoms with Crippen molar-refractivity contribution in [1.82, 2.24) is 0 Å². The molecule has 1 heterocycles. The lowest BCUT2D eigenvalue weighted by Crippen LogP contribution is -2.20. The number of hydrogen-bond donors (Lipinski definition) is 1. The monoisotopic (exact) mass is 158 g/mol. The van der Waals surface area contributed by atoms with E-state index in [1.54, 1.807) is 0 Å². The fraction of sp³-hybridized carbons (Fsp3) is 0.875. The summed E-state index contributed by atoms with van der Waals surface area (Å²) in [5, 5.41) is 8.72. The van der Waals surface area contributed by atoms with Gasteiger partial charge in [-0.25, -0.2) is 0 Å². The van der Waals surface area contributed by atoms with Crippen LogP contribution in [0, 0.1) is 5.92 Å². The van der Waals surface area contributed by atoms with E-state index >= 15 is 0 Å². The van der Waals surface area contributed by atoms with Gasteiger partial charge in [-0.3, -0.25) is 4.79 Å². The summed E-state index contributed by atoms with van der Waals surface area (Å²) in [5.41, 5.74) is 0. The van der Waals surface area contributed by atoms with E-state index in [1.807, 2.05) is 13.8 Å². The third-order valence-electron chi connectivity index (χ3n) is 2.26. The Morgan fingerprint density at radius 1 is 1.73 bits per heavy atom. The van der Waals surface area contributed by atoms with Crippen LogP contribution in [0.1, 0.15) is 26.7 Å². The van der Waals surface area contributed by atoms with E-state index in [0.29, 0.717) is 6.42 Å². The minimum Gasteiger partial charge on any atom is -0.481 e. The molecule has 3 unspecified atom stereocenters. The Morgan fingerprint density at radius 2 is 2.36 bits per heavy atom. The van der Waals surface area contributed by atoms with Crippen LogP contribution in [0.25, 0.3) is 0 Å². The van der Waals surface area contributed by atoms with Gasteiger partial charge in [0.05, 0.1) is 18.1 Å². The molecule has 64 valence electrons. The maximum Gasteiger partial charge on any atom is 0.309 e. The van der Waals surface area contributed by atoms with Gasteiger partial charge in [-0.1, -0.05) is 6.92 Å². The van der Waals surface area contributed by atoms with E-state index in [0.717, 1.165) is 6.42 Å². The molecule has 11 heavy (non-hydrogen) atoms. The van der Waals surface area contributed by atoms with Crippen molar-refractivity contribution in [3.8, 4) is 0 Å². The van der Waals surface area contributed by atoms with Gasteiger partial charge in [-0.15, -0.1) is 0 Å². The summed E-state index contributed by atoms with van der Waals surface area (Å²) in [4.78, 5) is 10.6. The highest BCUT2D eigenvalue weighted by Gasteiger charge is 2.35. The second kappa shape index (κ2) is 3.22. The molecule has 0 bridgehead atoms. The standard InChI is InChI=1S/C8H14O3/c1-3-6-4-7(8(9)10)5(2)11-6/h5-7H,3-4H2,1-2H3,(H,9,10). The minimum atomic E-state index is -0.728. The van der Waals surface area contributed by atoms with E-state index < -0.39 is 5.97 Å². The zero-order valence-corrected chi connectivity index (χ0v) is 6.91. The molecule has 1 saturated heterocycles. The first-order valence-corrected chi connectivity index (χ1v) is 4.03. The van der Waals surface area contributed by atoms with Crippen LogP contribution in [0.2, 0.25) is 0 Å². The molecule has 0 radical (unpaired) electrons. The zero-order valence-electron chi connectivity index (χ0n) is 6.91. The Morgan fingerprint density at radius 3 is 2.64 bits per heavy atom. The van der Waals surface area contributed by atoms with Gasteiger partial charge >= 0.3 is 5.97 Å². The molecule has 3 heteroatoms. The maximum absolute atomic E-state index is 10.6. The first-order chi connectivity index (χ1) is 5.15. The second-order valence-electron chi connectivity index (χ2n) is 3.05. The molecule has 0 spiro atoms. The molecule has 0 amide bonds. The molecular formula is C8H14O3.